The summed E-state index contributed by atoms with van der Waals surface area (Å²) in [4.78, 5) is 25.4. The maximum Gasteiger partial charge on any atom is 0.359 e. The number of rotatable bonds is 5. The lowest BCUT2D eigenvalue weighted by Crippen LogP contribution is -2.16. The maximum atomic E-state index is 12.9. The number of ether oxygens (including phenoxy) is 3. The number of fused-ring (bicyclic) bond motifs is 2. The molecule has 1 aliphatic rings. The topological polar surface area (TPSA) is 95.4 Å². The summed E-state index contributed by atoms with van der Waals surface area (Å²) in [5.41, 5.74) is 3.89. The van der Waals surface area contributed by atoms with E-state index in [-0.39, 0.29) is 18.1 Å². The quantitative estimate of drug-likeness (QED) is 0.382. The molecular formula is C24H21N3O5. The van der Waals surface area contributed by atoms with Gasteiger partial charge in [0.1, 0.15) is 13.2 Å². The molecule has 4 aromatic rings. The minimum Gasteiger partial charge on any atom is -0.486 e. The Morgan fingerprint density at radius 3 is 2.69 bits per heavy atom. The highest BCUT2D eigenvalue weighted by Gasteiger charge is 2.21. The van der Waals surface area contributed by atoms with E-state index < -0.39 is 5.97 Å². The fourth-order valence-electron chi connectivity index (χ4n) is 4.01. The largest absolute Gasteiger partial charge is 0.486 e. The first kappa shape index (κ1) is 19.9. The number of hydrogen-bond donors (Lipinski definition) is 1. The third-order valence-electron chi connectivity index (χ3n) is 5.51. The molecule has 162 valence electrons. The van der Waals surface area contributed by atoms with Crippen molar-refractivity contribution in [3.05, 3.63) is 71.2 Å². The summed E-state index contributed by atoms with van der Waals surface area (Å²) in [6.07, 6.45) is 0. The number of carbonyl (C=O) groups is 2. The number of aryl methyl sites for hydroxylation is 1. The predicted molar refractivity (Wildman–Crippen MR) is 117 cm³/mol. The molecule has 0 saturated heterocycles. The van der Waals surface area contributed by atoms with Crippen molar-refractivity contribution < 1.29 is 23.8 Å². The van der Waals surface area contributed by atoms with Gasteiger partial charge in [-0.1, -0.05) is 18.2 Å². The molecular weight excluding hydrogens is 410 g/mol. The Balaban J connectivity index is 1.35. The van der Waals surface area contributed by atoms with Crippen molar-refractivity contribution in [3.63, 3.8) is 0 Å². The first-order valence-corrected chi connectivity index (χ1v) is 10.3. The zero-order valence-corrected chi connectivity index (χ0v) is 17.7. The molecule has 0 atom stereocenters. The van der Waals surface area contributed by atoms with Crippen LogP contribution in [0.4, 0.5) is 0 Å². The van der Waals surface area contributed by atoms with Gasteiger partial charge in [0.25, 0.3) is 0 Å². The Morgan fingerprint density at radius 2 is 1.84 bits per heavy atom. The number of nitrogens with zero attached hydrogens (tertiary/aromatic N) is 2. The molecule has 0 radical (unpaired) electrons. The number of aromatic amines is 1. The molecule has 0 saturated carbocycles. The van der Waals surface area contributed by atoms with Gasteiger partial charge in [-0.3, -0.25) is 9.89 Å². The van der Waals surface area contributed by atoms with E-state index in [1.165, 1.54) is 0 Å². The van der Waals surface area contributed by atoms with E-state index in [0.29, 0.717) is 35.7 Å². The first-order chi connectivity index (χ1) is 15.5. The lowest BCUT2D eigenvalue weighted by atomic mass is 10.1. The van der Waals surface area contributed by atoms with Gasteiger partial charge in [-0.25, -0.2) is 4.79 Å². The molecule has 0 aliphatic carbocycles. The molecule has 1 N–H and O–H groups in total. The molecule has 5 rings (SSSR count). The van der Waals surface area contributed by atoms with E-state index in [4.69, 9.17) is 14.2 Å². The van der Waals surface area contributed by atoms with Gasteiger partial charge in [-0.2, -0.15) is 5.10 Å². The van der Waals surface area contributed by atoms with Gasteiger partial charge < -0.3 is 18.8 Å². The second-order valence-electron chi connectivity index (χ2n) is 7.57. The van der Waals surface area contributed by atoms with Gasteiger partial charge in [0, 0.05) is 34.1 Å². The highest BCUT2D eigenvalue weighted by molar-refractivity contribution is 6.04. The lowest BCUT2D eigenvalue weighted by molar-refractivity contribution is 0.0470. The minimum absolute atomic E-state index is 0.162. The Labute approximate surface area is 183 Å². The molecule has 32 heavy (non-hydrogen) atoms. The third-order valence-corrected chi connectivity index (χ3v) is 5.51. The van der Waals surface area contributed by atoms with E-state index in [2.05, 4.69) is 10.2 Å². The molecule has 3 heterocycles. The number of hydrogen-bond acceptors (Lipinski definition) is 6. The molecule has 1 aliphatic heterocycles. The molecule has 2 aromatic heterocycles. The average Bonchev–Trinajstić information content (AvgIpc) is 3.37. The lowest BCUT2D eigenvalue weighted by Gasteiger charge is -2.20. The van der Waals surface area contributed by atoms with Gasteiger partial charge in [-0.05, 0) is 38.1 Å². The summed E-state index contributed by atoms with van der Waals surface area (Å²) >= 11 is 0. The summed E-state index contributed by atoms with van der Waals surface area (Å²) in [6, 6.07) is 14.7. The zero-order valence-electron chi connectivity index (χ0n) is 17.7. The van der Waals surface area contributed by atoms with Gasteiger partial charge in [0.15, 0.2) is 23.8 Å². The number of para-hydroxylation sites is 1. The second-order valence-corrected chi connectivity index (χ2v) is 7.57. The van der Waals surface area contributed by atoms with Crippen molar-refractivity contribution in [1.29, 1.82) is 0 Å². The molecule has 0 fully saturated rings. The molecule has 0 spiro atoms. The van der Waals surface area contributed by atoms with Crippen LogP contribution >= 0.6 is 0 Å². The zero-order chi connectivity index (χ0) is 22.2. The molecule has 0 unspecified atom stereocenters. The van der Waals surface area contributed by atoms with Crippen molar-refractivity contribution in [3.8, 4) is 17.2 Å². The van der Waals surface area contributed by atoms with Crippen LogP contribution in [0.1, 0.15) is 32.2 Å². The van der Waals surface area contributed by atoms with Crippen molar-refractivity contribution >= 4 is 22.7 Å². The number of H-pyrrole nitrogens is 1. The van der Waals surface area contributed by atoms with E-state index >= 15 is 0 Å². The van der Waals surface area contributed by atoms with E-state index in [9.17, 15) is 9.59 Å². The number of aromatic nitrogens is 3. The fraction of sp³-hybridized carbons (Fsp3) is 0.208. The van der Waals surface area contributed by atoms with Crippen LogP contribution in [0.3, 0.4) is 0 Å². The number of Topliss-reactive ketones (excluding diaryl/α,β-unsaturated/α-hetero) is 1. The van der Waals surface area contributed by atoms with Crippen LogP contribution in [-0.4, -0.2) is 46.3 Å². The summed E-state index contributed by atoms with van der Waals surface area (Å²) in [5, 5.41) is 7.46. The van der Waals surface area contributed by atoms with Gasteiger partial charge in [0.2, 0.25) is 5.78 Å². The van der Waals surface area contributed by atoms with E-state index in [0.717, 1.165) is 22.6 Å². The summed E-state index contributed by atoms with van der Waals surface area (Å²) in [5.74, 6) is 0.456. The smallest absolute Gasteiger partial charge is 0.359 e. The fourth-order valence-corrected chi connectivity index (χ4v) is 4.01. The van der Waals surface area contributed by atoms with Crippen LogP contribution in [0, 0.1) is 13.8 Å². The van der Waals surface area contributed by atoms with Gasteiger partial charge in [0.05, 0.1) is 5.52 Å². The molecule has 0 amide bonds. The summed E-state index contributed by atoms with van der Waals surface area (Å²) in [6.45, 7) is 4.44. The first-order valence-electron chi connectivity index (χ1n) is 10.3. The van der Waals surface area contributed by atoms with Crippen LogP contribution < -0.4 is 9.47 Å². The van der Waals surface area contributed by atoms with Gasteiger partial charge >= 0.3 is 5.97 Å². The molecule has 8 nitrogen and oxygen atoms in total. The SMILES string of the molecule is Cc1cc(C(=O)COC(=O)c2n[nH]c3ccccc23)c(C)n1-c1ccc2c(c1)OCCO2. The third kappa shape index (κ3) is 3.39. The van der Waals surface area contributed by atoms with Crippen molar-refractivity contribution in [2.75, 3.05) is 19.8 Å². The summed E-state index contributed by atoms with van der Waals surface area (Å²) in [7, 11) is 0. The Morgan fingerprint density at radius 1 is 1.06 bits per heavy atom. The van der Waals surface area contributed by atoms with Gasteiger partial charge in [-0.15, -0.1) is 0 Å². The average molecular weight is 431 g/mol. The second kappa shape index (κ2) is 7.88. The molecule has 0 bridgehead atoms. The number of esters is 1. The Hall–Kier alpha value is -4.07. The van der Waals surface area contributed by atoms with Crippen LogP contribution in [0.15, 0.2) is 48.5 Å². The van der Waals surface area contributed by atoms with Crippen LogP contribution in [0.2, 0.25) is 0 Å². The summed E-state index contributed by atoms with van der Waals surface area (Å²) < 4.78 is 18.5. The molecule has 2 aromatic carbocycles. The van der Waals surface area contributed by atoms with Crippen LogP contribution in [-0.2, 0) is 4.74 Å². The standard InChI is InChI=1S/C24H21N3O5/c1-14-11-18(15(2)27(14)16-7-8-21-22(12-16)31-10-9-30-21)20(28)13-32-24(29)23-17-5-3-4-6-19(17)25-26-23/h3-8,11-12H,9-10,13H2,1-2H3,(H,25,26). The number of carbonyl (C=O) groups excluding carboxylic acids is 2. The highest BCUT2D eigenvalue weighted by Crippen LogP contribution is 2.33. The predicted octanol–water partition coefficient (Wildman–Crippen LogP) is 3.78. The van der Waals surface area contributed by atoms with Crippen molar-refractivity contribution in [1.82, 2.24) is 14.8 Å². The van der Waals surface area contributed by atoms with Crippen molar-refractivity contribution in [2.24, 2.45) is 0 Å². The Kier molecular flexibility index (Phi) is 4.89. The number of benzene rings is 2. The van der Waals surface area contributed by atoms with E-state index in [1.807, 2.05) is 54.8 Å². The number of ketones is 1. The maximum absolute atomic E-state index is 12.9. The number of nitrogens with one attached hydrogen (secondary N) is 1. The minimum atomic E-state index is -0.642. The monoisotopic (exact) mass is 431 g/mol. The van der Waals surface area contributed by atoms with Crippen LogP contribution in [0.5, 0.6) is 11.5 Å². The highest BCUT2D eigenvalue weighted by atomic mass is 16.6. The normalized spacial score (nSPS) is 12.7. The van der Waals surface area contributed by atoms with Crippen molar-refractivity contribution in [2.45, 2.75) is 13.8 Å². The Bertz CT molecular complexity index is 1350. The van der Waals surface area contributed by atoms with E-state index in [1.54, 1.807) is 12.1 Å². The molecule has 8 heteroatoms. The van der Waals surface area contributed by atoms with Crippen LogP contribution in [0.25, 0.3) is 16.6 Å².